The zero-order valence-corrected chi connectivity index (χ0v) is 13.4. The predicted octanol–water partition coefficient (Wildman–Crippen LogP) is 4.31. The molecule has 2 atom stereocenters. The second-order valence-corrected chi connectivity index (χ2v) is 8.10. The Balaban J connectivity index is 1.68. The van der Waals surface area contributed by atoms with E-state index < -0.39 is 18.0 Å². The first-order valence-corrected chi connectivity index (χ1v) is 8.17. The second-order valence-electron chi connectivity index (χ2n) is 8.10. The number of nitrogens with zero attached hydrogens (tertiary/aromatic N) is 1. The smallest absolute Gasteiger partial charge is 0.333 e. The van der Waals surface area contributed by atoms with E-state index in [1.807, 2.05) is 4.90 Å². The lowest BCUT2D eigenvalue weighted by atomic mass is 9.73. The molecule has 1 amide bonds. The summed E-state index contributed by atoms with van der Waals surface area (Å²) in [6.45, 7) is 6.53. The highest BCUT2D eigenvalue weighted by molar-refractivity contribution is 5.81. The van der Waals surface area contributed by atoms with Gasteiger partial charge in [-0.2, -0.15) is 13.2 Å². The van der Waals surface area contributed by atoms with Crippen LogP contribution in [0.25, 0.3) is 0 Å². The van der Waals surface area contributed by atoms with Crippen LogP contribution in [0.3, 0.4) is 0 Å². The fourth-order valence-electron chi connectivity index (χ4n) is 4.03. The average molecular weight is 315 g/mol. The molecule has 5 heteroatoms. The Labute approximate surface area is 129 Å². The summed E-state index contributed by atoms with van der Waals surface area (Å²) in [5, 5.41) is 0. The second kappa shape index (κ2) is 5.00. The molecular weight excluding hydrogens is 291 g/mol. The van der Waals surface area contributed by atoms with Crippen LogP contribution in [0.5, 0.6) is 0 Å². The standard InChI is InChI=1S/C17H24F3NO/c1-16(2,3)11-8-13-4-5-14(9-11)21(13)15(22)10-6-12(7-10)17(18,19)20/h8,10,12-14H,4-7,9H2,1-3H3/t10-,12+,13?,14?. The molecule has 1 saturated carbocycles. The summed E-state index contributed by atoms with van der Waals surface area (Å²) in [5.41, 5.74) is 1.49. The molecule has 0 spiro atoms. The third-order valence-electron chi connectivity index (χ3n) is 5.56. The Morgan fingerprint density at radius 2 is 1.82 bits per heavy atom. The lowest BCUT2D eigenvalue weighted by Crippen LogP contribution is -2.51. The largest absolute Gasteiger partial charge is 0.391 e. The predicted molar refractivity (Wildman–Crippen MR) is 78.1 cm³/mol. The van der Waals surface area contributed by atoms with E-state index >= 15 is 0 Å². The van der Waals surface area contributed by atoms with E-state index in [9.17, 15) is 18.0 Å². The summed E-state index contributed by atoms with van der Waals surface area (Å²) in [4.78, 5) is 14.5. The molecule has 3 aliphatic rings. The number of alkyl halides is 3. The highest BCUT2D eigenvalue weighted by atomic mass is 19.4. The monoisotopic (exact) mass is 315 g/mol. The maximum atomic E-state index is 12.6. The molecule has 2 aliphatic heterocycles. The van der Waals surface area contributed by atoms with Crippen molar-refractivity contribution < 1.29 is 18.0 Å². The zero-order valence-electron chi connectivity index (χ0n) is 13.4. The normalized spacial score (nSPS) is 35.2. The molecule has 2 unspecified atom stereocenters. The minimum absolute atomic E-state index is 0.0197. The van der Waals surface area contributed by atoms with E-state index in [-0.39, 0.29) is 36.2 Å². The molecule has 22 heavy (non-hydrogen) atoms. The van der Waals surface area contributed by atoms with Crippen molar-refractivity contribution in [3.63, 3.8) is 0 Å². The molecule has 2 bridgehead atoms. The van der Waals surface area contributed by atoms with Gasteiger partial charge < -0.3 is 4.90 Å². The lowest BCUT2D eigenvalue weighted by molar-refractivity contribution is -0.206. The van der Waals surface area contributed by atoms with E-state index in [0.29, 0.717) is 0 Å². The molecule has 0 radical (unpaired) electrons. The first kappa shape index (κ1) is 15.9. The third kappa shape index (κ3) is 2.67. The van der Waals surface area contributed by atoms with Gasteiger partial charge in [0.1, 0.15) is 0 Å². The number of amides is 1. The maximum absolute atomic E-state index is 12.6. The van der Waals surface area contributed by atoms with E-state index in [2.05, 4.69) is 26.8 Å². The molecule has 1 saturated heterocycles. The Morgan fingerprint density at radius 1 is 1.18 bits per heavy atom. The van der Waals surface area contributed by atoms with Crippen molar-refractivity contribution in [2.75, 3.05) is 0 Å². The Hall–Kier alpha value is -1.00. The SMILES string of the molecule is CC(C)(C)C1=CC2CCC(C1)N2C(=O)[C@H]1C[C@@H](C(F)(F)F)C1. The Morgan fingerprint density at radius 3 is 2.32 bits per heavy atom. The number of halogens is 3. The van der Waals surface area contributed by atoms with E-state index in [0.717, 1.165) is 19.3 Å². The van der Waals surface area contributed by atoms with Gasteiger partial charge in [-0.25, -0.2) is 0 Å². The van der Waals surface area contributed by atoms with Crippen LogP contribution in [-0.2, 0) is 4.79 Å². The van der Waals surface area contributed by atoms with Gasteiger partial charge in [0.25, 0.3) is 0 Å². The summed E-state index contributed by atoms with van der Waals surface area (Å²) < 4.78 is 37.8. The fourth-order valence-corrected chi connectivity index (χ4v) is 4.03. The molecule has 3 rings (SSSR count). The van der Waals surface area contributed by atoms with E-state index in [4.69, 9.17) is 0 Å². The first-order valence-electron chi connectivity index (χ1n) is 8.17. The van der Waals surface area contributed by atoms with Crippen LogP contribution >= 0.6 is 0 Å². The molecular formula is C17H24F3NO. The molecule has 0 aromatic rings. The van der Waals surface area contributed by atoms with Crippen LogP contribution in [-0.4, -0.2) is 29.1 Å². The molecule has 1 aliphatic carbocycles. The maximum Gasteiger partial charge on any atom is 0.391 e. The fraction of sp³-hybridized carbons (Fsp3) is 0.824. The number of rotatable bonds is 1. The van der Waals surface area contributed by atoms with Crippen molar-refractivity contribution >= 4 is 5.91 Å². The van der Waals surface area contributed by atoms with Crippen molar-refractivity contribution in [1.82, 2.24) is 4.90 Å². The van der Waals surface area contributed by atoms with Gasteiger partial charge in [-0.05, 0) is 37.5 Å². The molecule has 2 heterocycles. The summed E-state index contributed by atoms with van der Waals surface area (Å²) >= 11 is 0. The Kier molecular flexibility index (Phi) is 3.61. The van der Waals surface area contributed by atoms with E-state index in [1.54, 1.807) is 0 Å². The van der Waals surface area contributed by atoms with Crippen LogP contribution < -0.4 is 0 Å². The lowest BCUT2D eigenvalue weighted by Gasteiger charge is -2.43. The van der Waals surface area contributed by atoms with Gasteiger partial charge >= 0.3 is 6.18 Å². The molecule has 0 aromatic heterocycles. The minimum Gasteiger partial charge on any atom is -0.333 e. The van der Waals surface area contributed by atoms with Gasteiger partial charge in [-0.1, -0.05) is 32.4 Å². The van der Waals surface area contributed by atoms with Crippen molar-refractivity contribution in [2.24, 2.45) is 17.3 Å². The van der Waals surface area contributed by atoms with Gasteiger partial charge in [0.05, 0.1) is 12.0 Å². The quantitative estimate of drug-likeness (QED) is 0.660. The highest BCUT2D eigenvalue weighted by Crippen LogP contribution is 2.48. The molecule has 2 nitrogen and oxygen atoms in total. The van der Waals surface area contributed by atoms with Crippen molar-refractivity contribution in [3.05, 3.63) is 11.6 Å². The molecule has 0 N–H and O–H groups in total. The molecule has 2 fully saturated rings. The summed E-state index contributed by atoms with van der Waals surface area (Å²) in [6.07, 6.45) is 0.814. The van der Waals surface area contributed by atoms with Crippen LogP contribution in [0, 0.1) is 17.3 Å². The topological polar surface area (TPSA) is 20.3 Å². The van der Waals surface area contributed by atoms with Crippen LogP contribution in [0.2, 0.25) is 0 Å². The van der Waals surface area contributed by atoms with Crippen LogP contribution in [0.1, 0.15) is 52.9 Å². The summed E-state index contributed by atoms with van der Waals surface area (Å²) in [6, 6.07) is 0.298. The van der Waals surface area contributed by atoms with Gasteiger partial charge in [-0.3, -0.25) is 4.79 Å². The number of hydrogen-bond donors (Lipinski definition) is 0. The van der Waals surface area contributed by atoms with Gasteiger partial charge in [0.15, 0.2) is 0 Å². The zero-order chi connectivity index (χ0) is 16.3. The Bertz CT molecular complexity index is 497. The molecule has 124 valence electrons. The third-order valence-corrected chi connectivity index (χ3v) is 5.56. The molecule has 0 aromatic carbocycles. The van der Waals surface area contributed by atoms with Crippen molar-refractivity contribution in [3.8, 4) is 0 Å². The highest BCUT2D eigenvalue weighted by Gasteiger charge is 2.52. The van der Waals surface area contributed by atoms with Crippen LogP contribution in [0.4, 0.5) is 13.2 Å². The summed E-state index contributed by atoms with van der Waals surface area (Å²) in [7, 11) is 0. The van der Waals surface area contributed by atoms with Gasteiger partial charge in [0.2, 0.25) is 5.91 Å². The first-order chi connectivity index (χ1) is 10.1. The number of carbonyl (C=O) groups is 1. The van der Waals surface area contributed by atoms with Crippen molar-refractivity contribution in [2.45, 2.75) is 71.1 Å². The summed E-state index contributed by atoms with van der Waals surface area (Å²) in [5.74, 6) is -1.74. The van der Waals surface area contributed by atoms with Gasteiger partial charge in [-0.15, -0.1) is 0 Å². The van der Waals surface area contributed by atoms with E-state index in [1.165, 1.54) is 5.57 Å². The number of fused-ring (bicyclic) bond motifs is 2. The average Bonchev–Trinajstić information content (AvgIpc) is 2.54. The van der Waals surface area contributed by atoms with Crippen LogP contribution in [0.15, 0.2) is 11.6 Å². The number of hydrogen-bond acceptors (Lipinski definition) is 1. The minimum atomic E-state index is -4.14. The number of carbonyl (C=O) groups excluding carboxylic acids is 1. The van der Waals surface area contributed by atoms with Gasteiger partial charge in [0, 0.05) is 12.0 Å². The van der Waals surface area contributed by atoms with Crippen molar-refractivity contribution in [1.29, 1.82) is 0 Å².